The molecule has 0 spiro atoms. The third kappa shape index (κ3) is 10.2. The van der Waals surface area contributed by atoms with Crippen molar-refractivity contribution in [2.75, 3.05) is 13.1 Å². The fourth-order valence-electron chi connectivity index (χ4n) is 4.27. The van der Waals surface area contributed by atoms with E-state index in [1.165, 1.54) is 4.90 Å². The molecule has 2 rings (SSSR count). The Hall–Kier alpha value is -4.20. The zero-order valence-corrected chi connectivity index (χ0v) is 21.6. The maximum absolute atomic E-state index is 13.5. The first-order valence-electron chi connectivity index (χ1n) is 12.7. The molecule has 1 aromatic rings. The number of guanidine groups is 1. The molecule has 14 nitrogen and oxygen atoms in total. The van der Waals surface area contributed by atoms with Crippen LogP contribution in [0.15, 0.2) is 35.3 Å². The number of likely N-dealkylation sites (tertiary alicyclic amines) is 1. The summed E-state index contributed by atoms with van der Waals surface area (Å²) < 4.78 is 0. The number of aliphatic carboxylic acids is 2. The molecule has 0 aromatic heterocycles. The molecule has 1 saturated heterocycles. The summed E-state index contributed by atoms with van der Waals surface area (Å²) in [6.07, 6.45) is 0.906. The van der Waals surface area contributed by atoms with E-state index in [1.54, 1.807) is 30.3 Å². The minimum Gasteiger partial charge on any atom is -0.481 e. The molecule has 4 atom stereocenters. The Morgan fingerprint density at radius 3 is 2.33 bits per heavy atom. The Morgan fingerprint density at radius 1 is 1.03 bits per heavy atom. The predicted molar refractivity (Wildman–Crippen MR) is 141 cm³/mol. The summed E-state index contributed by atoms with van der Waals surface area (Å²) in [5.41, 5.74) is 17.2. The first kappa shape index (κ1) is 31.0. The van der Waals surface area contributed by atoms with Gasteiger partial charge in [0.1, 0.15) is 18.1 Å². The van der Waals surface area contributed by atoms with E-state index in [-0.39, 0.29) is 44.7 Å². The molecule has 1 fully saturated rings. The number of rotatable bonds is 15. The summed E-state index contributed by atoms with van der Waals surface area (Å²) >= 11 is 0. The Morgan fingerprint density at radius 2 is 1.72 bits per heavy atom. The topological polar surface area (TPSA) is 244 Å². The second-order valence-corrected chi connectivity index (χ2v) is 9.33. The molecule has 1 heterocycles. The zero-order valence-electron chi connectivity index (χ0n) is 21.6. The number of amides is 3. The minimum atomic E-state index is -1.21. The number of carboxylic acid groups (broad SMARTS) is 2. The summed E-state index contributed by atoms with van der Waals surface area (Å²) in [7, 11) is 0. The van der Waals surface area contributed by atoms with Gasteiger partial charge < -0.3 is 42.9 Å². The molecule has 0 aliphatic carbocycles. The maximum Gasteiger partial charge on any atom is 0.326 e. The number of nitrogens with two attached hydrogens (primary N) is 3. The van der Waals surface area contributed by atoms with Crippen LogP contribution < -0.4 is 27.8 Å². The molecule has 0 bridgehead atoms. The highest BCUT2D eigenvalue weighted by atomic mass is 16.4. The highest BCUT2D eigenvalue weighted by Crippen LogP contribution is 2.20. The number of carbonyl (C=O) groups excluding carboxylic acids is 3. The molecule has 1 aliphatic heterocycles. The largest absolute Gasteiger partial charge is 0.481 e. The van der Waals surface area contributed by atoms with Crippen LogP contribution in [0, 0.1) is 0 Å². The van der Waals surface area contributed by atoms with Crippen molar-refractivity contribution in [3.8, 4) is 0 Å². The monoisotopic (exact) mass is 547 g/mol. The van der Waals surface area contributed by atoms with Gasteiger partial charge in [0.25, 0.3) is 0 Å². The number of hydrogen-bond donors (Lipinski definition) is 7. The van der Waals surface area contributed by atoms with E-state index in [4.69, 9.17) is 22.3 Å². The van der Waals surface area contributed by atoms with E-state index in [9.17, 15) is 29.1 Å². The molecule has 1 aliphatic rings. The standard InChI is InChI=1S/C25H37N7O7/c26-16(10-11-20(33)34)21(35)30-17(8-4-12-29-25(27)28)23(37)32-13-5-9-19(32)22(36)31-18(24(38)39)14-15-6-2-1-3-7-15/h1-3,6-7,16-19H,4-5,8-14,26H2,(H,30,35)(H,31,36)(H,33,34)(H,38,39)(H4,27,28,29). The summed E-state index contributed by atoms with van der Waals surface area (Å²) in [6.45, 7) is 0.426. The predicted octanol–water partition coefficient (Wildman–Crippen LogP) is -1.48. The number of carbonyl (C=O) groups is 5. The first-order chi connectivity index (χ1) is 18.5. The van der Waals surface area contributed by atoms with E-state index in [2.05, 4.69) is 15.6 Å². The zero-order chi connectivity index (χ0) is 28.9. The quantitative estimate of drug-likeness (QED) is 0.0762. The molecule has 10 N–H and O–H groups in total. The van der Waals surface area contributed by atoms with Crippen LogP contribution in [0.3, 0.4) is 0 Å². The first-order valence-corrected chi connectivity index (χ1v) is 12.7. The SMILES string of the molecule is NC(N)=NCCCC(NC(=O)C(N)CCC(=O)O)C(=O)N1CCCC1C(=O)NC(Cc1ccccc1)C(=O)O. The number of carboxylic acids is 2. The molecular formula is C25H37N7O7. The van der Waals surface area contributed by atoms with Crippen LogP contribution in [0.25, 0.3) is 0 Å². The molecular weight excluding hydrogens is 510 g/mol. The van der Waals surface area contributed by atoms with Gasteiger partial charge in [-0.15, -0.1) is 0 Å². The van der Waals surface area contributed by atoms with Crippen molar-refractivity contribution in [2.45, 2.75) is 69.1 Å². The van der Waals surface area contributed by atoms with Gasteiger partial charge in [0, 0.05) is 25.9 Å². The average molecular weight is 548 g/mol. The van der Waals surface area contributed by atoms with Crippen molar-refractivity contribution in [3.63, 3.8) is 0 Å². The fraction of sp³-hybridized carbons (Fsp3) is 0.520. The Kier molecular flexibility index (Phi) is 12.1. The second kappa shape index (κ2) is 15.3. The third-order valence-corrected chi connectivity index (χ3v) is 6.30. The minimum absolute atomic E-state index is 0.0697. The highest BCUT2D eigenvalue weighted by Gasteiger charge is 2.39. The van der Waals surface area contributed by atoms with E-state index < -0.39 is 53.8 Å². The lowest BCUT2D eigenvalue weighted by atomic mass is 10.0. The van der Waals surface area contributed by atoms with Crippen molar-refractivity contribution in [1.29, 1.82) is 0 Å². The van der Waals surface area contributed by atoms with Crippen molar-refractivity contribution in [2.24, 2.45) is 22.2 Å². The Labute approximate surface area is 226 Å². The maximum atomic E-state index is 13.5. The fourth-order valence-corrected chi connectivity index (χ4v) is 4.27. The smallest absolute Gasteiger partial charge is 0.326 e. The highest BCUT2D eigenvalue weighted by molar-refractivity contribution is 5.94. The average Bonchev–Trinajstić information content (AvgIpc) is 3.38. The lowest BCUT2D eigenvalue weighted by Crippen LogP contribution is -2.57. The van der Waals surface area contributed by atoms with Crippen molar-refractivity contribution in [1.82, 2.24) is 15.5 Å². The van der Waals surface area contributed by atoms with Gasteiger partial charge in [0.2, 0.25) is 17.7 Å². The van der Waals surface area contributed by atoms with Gasteiger partial charge in [-0.1, -0.05) is 30.3 Å². The summed E-state index contributed by atoms with van der Waals surface area (Å²) in [5, 5.41) is 23.6. The van der Waals surface area contributed by atoms with Crippen molar-refractivity contribution < 1.29 is 34.2 Å². The van der Waals surface area contributed by atoms with Gasteiger partial charge >= 0.3 is 11.9 Å². The Balaban J connectivity index is 2.13. The third-order valence-electron chi connectivity index (χ3n) is 6.30. The summed E-state index contributed by atoms with van der Waals surface area (Å²) in [4.78, 5) is 67.1. The van der Waals surface area contributed by atoms with Gasteiger partial charge in [-0.05, 0) is 37.7 Å². The summed E-state index contributed by atoms with van der Waals surface area (Å²) in [6, 6.07) is 4.50. The van der Waals surface area contributed by atoms with Crippen LogP contribution in [0.4, 0.5) is 0 Å². The van der Waals surface area contributed by atoms with Gasteiger partial charge in [-0.2, -0.15) is 0 Å². The van der Waals surface area contributed by atoms with Gasteiger partial charge in [-0.25, -0.2) is 4.79 Å². The number of hydrogen-bond acceptors (Lipinski definition) is 7. The van der Waals surface area contributed by atoms with E-state index in [0.717, 1.165) is 5.56 Å². The van der Waals surface area contributed by atoms with E-state index in [0.29, 0.717) is 19.3 Å². The number of benzene rings is 1. The van der Waals surface area contributed by atoms with Gasteiger partial charge in [0.05, 0.1) is 6.04 Å². The molecule has 1 aromatic carbocycles. The van der Waals surface area contributed by atoms with Crippen molar-refractivity contribution >= 4 is 35.6 Å². The normalized spacial score (nSPS) is 16.9. The number of aliphatic imine (C=N–C) groups is 1. The second-order valence-electron chi connectivity index (χ2n) is 9.33. The molecule has 3 amide bonds. The van der Waals surface area contributed by atoms with Crippen LogP contribution in [-0.4, -0.2) is 88.0 Å². The van der Waals surface area contributed by atoms with Crippen molar-refractivity contribution in [3.05, 3.63) is 35.9 Å². The number of nitrogens with one attached hydrogen (secondary N) is 2. The van der Waals surface area contributed by atoms with Gasteiger partial charge in [-0.3, -0.25) is 24.2 Å². The summed E-state index contributed by atoms with van der Waals surface area (Å²) in [5.74, 6) is -4.29. The van der Waals surface area contributed by atoms with E-state index in [1.807, 2.05) is 0 Å². The molecule has 39 heavy (non-hydrogen) atoms. The van der Waals surface area contributed by atoms with Crippen LogP contribution in [-0.2, 0) is 30.4 Å². The van der Waals surface area contributed by atoms with Gasteiger partial charge in [0.15, 0.2) is 5.96 Å². The number of nitrogens with zero attached hydrogens (tertiary/aromatic N) is 2. The van der Waals surface area contributed by atoms with Crippen LogP contribution in [0.5, 0.6) is 0 Å². The Bertz CT molecular complexity index is 1050. The lowest BCUT2D eigenvalue weighted by Gasteiger charge is -2.30. The van der Waals surface area contributed by atoms with Crippen LogP contribution in [0.2, 0.25) is 0 Å². The van der Waals surface area contributed by atoms with Crippen LogP contribution >= 0.6 is 0 Å². The van der Waals surface area contributed by atoms with E-state index >= 15 is 0 Å². The molecule has 0 radical (unpaired) electrons. The molecule has 4 unspecified atom stereocenters. The lowest BCUT2D eigenvalue weighted by molar-refractivity contribution is -0.145. The molecule has 214 valence electrons. The molecule has 14 heteroatoms. The van der Waals surface area contributed by atoms with Crippen LogP contribution in [0.1, 0.15) is 44.1 Å². The molecule has 0 saturated carbocycles.